The average molecular weight is 458 g/mol. The molecule has 4 aromatic rings. The highest BCUT2D eigenvalue weighted by atomic mass is 19.1. The van der Waals surface area contributed by atoms with Crippen molar-refractivity contribution in [1.82, 2.24) is 20.1 Å². The first kappa shape index (κ1) is 21.9. The molecule has 3 heterocycles. The maximum Gasteiger partial charge on any atom is 0.243 e. The lowest BCUT2D eigenvalue weighted by Crippen LogP contribution is -2.49. The molecule has 0 fully saturated rings. The number of para-hydroxylation sites is 1. The Morgan fingerprint density at radius 1 is 1.09 bits per heavy atom. The van der Waals surface area contributed by atoms with E-state index in [-0.39, 0.29) is 5.91 Å². The normalized spacial score (nSPS) is 18.3. The van der Waals surface area contributed by atoms with E-state index in [9.17, 15) is 14.3 Å². The fourth-order valence-corrected chi connectivity index (χ4v) is 4.51. The van der Waals surface area contributed by atoms with E-state index >= 15 is 0 Å². The van der Waals surface area contributed by atoms with E-state index < -0.39 is 24.1 Å². The third-order valence-corrected chi connectivity index (χ3v) is 6.08. The molecule has 1 unspecified atom stereocenters. The van der Waals surface area contributed by atoms with Gasteiger partial charge in [-0.25, -0.2) is 9.67 Å². The maximum atomic E-state index is 13.6. The van der Waals surface area contributed by atoms with Gasteiger partial charge in [0.05, 0.1) is 11.4 Å². The van der Waals surface area contributed by atoms with Gasteiger partial charge in [-0.15, -0.1) is 0 Å². The second kappa shape index (κ2) is 8.81. The number of aliphatic hydroxyl groups excluding tert-OH is 1. The second-order valence-electron chi connectivity index (χ2n) is 8.44. The summed E-state index contributed by atoms with van der Waals surface area (Å²) in [5, 5.41) is 21.7. The van der Waals surface area contributed by atoms with Crippen LogP contribution in [-0.2, 0) is 4.79 Å². The number of amides is 1. The van der Waals surface area contributed by atoms with Gasteiger partial charge >= 0.3 is 0 Å². The Hall–Kier alpha value is -3.88. The number of nitrogens with zero attached hydrogens (tertiary/aromatic N) is 3. The number of aryl methyl sites for hydroxylation is 2. The minimum Gasteiger partial charge on any atom is -0.374 e. The summed E-state index contributed by atoms with van der Waals surface area (Å²) >= 11 is 0. The van der Waals surface area contributed by atoms with Crippen molar-refractivity contribution in [3.63, 3.8) is 0 Å². The summed E-state index contributed by atoms with van der Waals surface area (Å²) in [4.78, 5) is 17.2. The van der Waals surface area contributed by atoms with Gasteiger partial charge in [0.1, 0.15) is 18.1 Å². The molecule has 0 saturated heterocycles. The van der Waals surface area contributed by atoms with Crippen molar-refractivity contribution < 1.29 is 14.3 Å². The summed E-state index contributed by atoms with van der Waals surface area (Å²) in [5.41, 5.74) is 4.58. The summed E-state index contributed by atoms with van der Waals surface area (Å²) < 4.78 is 15.3. The van der Waals surface area contributed by atoms with Crippen LogP contribution in [0.15, 0.2) is 72.9 Å². The lowest BCUT2D eigenvalue weighted by molar-refractivity contribution is -0.119. The van der Waals surface area contributed by atoms with E-state index in [2.05, 4.69) is 15.6 Å². The summed E-state index contributed by atoms with van der Waals surface area (Å²) in [6.07, 6.45) is 0.340. The molecular formula is C26H24FN5O2. The number of hydrogen-bond acceptors (Lipinski definition) is 5. The Kier molecular flexibility index (Phi) is 5.69. The quantitative estimate of drug-likeness (QED) is 0.314. The highest BCUT2D eigenvalue weighted by molar-refractivity contribution is 5.99. The number of nitrogens with one attached hydrogen (secondary N) is 2. The maximum absolute atomic E-state index is 13.6. The topological polar surface area (TPSA) is 92.1 Å². The Labute approximate surface area is 196 Å². The van der Waals surface area contributed by atoms with Crippen LogP contribution >= 0.6 is 0 Å². The van der Waals surface area contributed by atoms with Crippen LogP contribution in [0.5, 0.6) is 0 Å². The second-order valence-corrected chi connectivity index (χ2v) is 8.44. The van der Waals surface area contributed by atoms with Gasteiger partial charge in [0.25, 0.3) is 0 Å². The third-order valence-electron chi connectivity index (χ3n) is 6.08. The van der Waals surface area contributed by atoms with Crippen molar-refractivity contribution in [1.29, 1.82) is 0 Å². The molecule has 0 saturated carbocycles. The lowest BCUT2D eigenvalue weighted by Gasteiger charge is -2.34. The van der Waals surface area contributed by atoms with Crippen LogP contribution in [-0.4, -0.2) is 31.8 Å². The smallest absolute Gasteiger partial charge is 0.243 e. The zero-order chi connectivity index (χ0) is 23.8. The van der Waals surface area contributed by atoms with Gasteiger partial charge in [-0.3, -0.25) is 10.1 Å². The molecule has 172 valence electrons. The Morgan fingerprint density at radius 3 is 2.59 bits per heavy atom. The van der Waals surface area contributed by atoms with Crippen LogP contribution in [0.3, 0.4) is 0 Å². The first-order chi connectivity index (χ1) is 16.4. The van der Waals surface area contributed by atoms with E-state index in [0.717, 1.165) is 16.8 Å². The number of rotatable bonds is 5. The Balaban J connectivity index is 1.61. The highest BCUT2D eigenvalue weighted by Crippen LogP contribution is 2.40. The number of hydrogen-bond donors (Lipinski definition) is 3. The van der Waals surface area contributed by atoms with E-state index in [0.29, 0.717) is 22.6 Å². The molecule has 8 heteroatoms. The zero-order valence-corrected chi connectivity index (χ0v) is 18.7. The minimum atomic E-state index is -1.09. The van der Waals surface area contributed by atoms with Gasteiger partial charge in [0.15, 0.2) is 0 Å². The third kappa shape index (κ3) is 3.98. The van der Waals surface area contributed by atoms with E-state index in [4.69, 9.17) is 5.10 Å². The van der Waals surface area contributed by atoms with Crippen molar-refractivity contribution in [2.45, 2.75) is 32.0 Å². The zero-order valence-electron chi connectivity index (χ0n) is 18.7. The van der Waals surface area contributed by atoms with Crippen LogP contribution in [0.1, 0.15) is 40.1 Å². The first-order valence-electron chi connectivity index (χ1n) is 11.0. The molecule has 7 nitrogen and oxygen atoms in total. The van der Waals surface area contributed by atoms with Gasteiger partial charge < -0.3 is 10.4 Å². The van der Waals surface area contributed by atoms with Crippen molar-refractivity contribution in [3.8, 4) is 5.69 Å². The van der Waals surface area contributed by atoms with E-state index in [1.54, 1.807) is 16.8 Å². The molecule has 1 amide bonds. The number of aromatic nitrogens is 3. The van der Waals surface area contributed by atoms with Crippen molar-refractivity contribution in [2.75, 3.05) is 5.32 Å². The molecule has 0 bridgehead atoms. The predicted molar refractivity (Wildman–Crippen MR) is 126 cm³/mol. The summed E-state index contributed by atoms with van der Waals surface area (Å²) in [6, 6.07) is 19.0. The summed E-state index contributed by atoms with van der Waals surface area (Å²) in [5.74, 6) is -0.934. The Bertz CT molecular complexity index is 1340. The Morgan fingerprint density at radius 2 is 1.88 bits per heavy atom. The number of aliphatic hydroxyl groups is 1. The number of carbonyl (C=O) groups excluding carboxylic acids is 1. The summed E-state index contributed by atoms with van der Waals surface area (Å²) in [6.45, 7) is 3.80. The molecule has 34 heavy (non-hydrogen) atoms. The first-order valence-corrected chi connectivity index (χ1v) is 11.0. The largest absolute Gasteiger partial charge is 0.374 e. The molecule has 0 aliphatic carbocycles. The fourth-order valence-electron chi connectivity index (χ4n) is 4.51. The fraction of sp³-hybridized carbons (Fsp3) is 0.192. The molecule has 5 rings (SSSR count). The predicted octanol–water partition coefficient (Wildman–Crippen LogP) is 3.76. The molecule has 1 aliphatic heterocycles. The molecular weight excluding hydrogens is 433 g/mol. The van der Waals surface area contributed by atoms with Gasteiger partial charge in [0.2, 0.25) is 11.9 Å². The molecule has 1 aliphatic rings. The van der Waals surface area contributed by atoms with Crippen LogP contribution in [0.4, 0.5) is 10.2 Å². The number of anilines is 1. The van der Waals surface area contributed by atoms with Gasteiger partial charge in [-0.2, -0.15) is 9.49 Å². The van der Waals surface area contributed by atoms with Crippen molar-refractivity contribution in [2.24, 2.45) is 0 Å². The van der Waals surface area contributed by atoms with Crippen LogP contribution in [0.2, 0.25) is 0 Å². The molecule has 0 radical (unpaired) electrons. The number of pyridine rings is 1. The molecule has 3 atom stereocenters. The van der Waals surface area contributed by atoms with Gasteiger partial charge in [-0.1, -0.05) is 54.1 Å². The highest BCUT2D eigenvalue weighted by Gasteiger charge is 2.42. The van der Waals surface area contributed by atoms with Crippen LogP contribution in [0.25, 0.3) is 5.69 Å². The standard InChI is InChI=1S/C26H24FN5O2/c1-15-7-6-8-17(13-15)25(33)29-23-22(18-11-12-20(27)28-14-18)21-16(2)31-32(24(21)30-26(23)34)19-9-4-3-5-10-19/h3-14,22-23,25,29,33H,1-2H3,(H,30,34)/t22-,23+,25?/m0/s1. The average Bonchev–Trinajstić information content (AvgIpc) is 3.16. The van der Waals surface area contributed by atoms with Crippen molar-refractivity contribution >= 4 is 11.7 Å². The van der Waals surface area contributed by atoms with Crippen LogP contribution < -0.4 is 10.6 Å². The monoisotopic (exact) mass is 457 g/mol. The molecule has 2 aromatic carbocycles. The van der Waals surface area contributed by atoms with Crippen LogP contribution in [0, 0.1) is 19.8 Å². The number of carbonyl (C=O) groups is 1. The minimum absolute atomic E-state index is 0.328. The molecule has 0 spiro atoms. The van der Waals surface area contributed by atoms with E-state index in [1.165, 1.54) is 12.3 Å². The van der Waals surface area contributed by atoms with Gasteiger partial charge in [-0.05, 0) is 43.2 Å². The molecule has 2 aromatic heterocycles. The number of halogens is 1. The summed E-state index contributed by atoms with van der Waals surface area (Å²) in [7, 11) is 0. The van der Waals surface area contributed by atoms with E-state index in [1.807, 2.05) is 62.4 Å². The SMILES string of the molecule is Cc1cccc(C(O)N[C@H]2C(=O)Nc3c(c(C)nn3-c3ccccc3)[C@@H]2c2ccc(F)nc2)c1. The molecule has 3 N–H and O–H groups in total. The lowest BCUT2D eigenvalue weighted by atomic mass is 9.82. The number of benzene rings is 2. The van der Waals surface area contributed by atoms with Crippen molar-refractivity contribution in [3.05, 3.63) is 107 Å². The van der Waals surface area contributed by atoms with Gasteiger partial charge in [0, 0.05) is 17.7 Å². The number of fused-ring (bicyclic) bond motifs is 1.